The molecule has 0 spiro atoms. The fraction of sp³-hybridized carbons (Fsp3) is 0.435. The third kappa shape index (κ3) is 7.25. The number of benzene rings is 2. The Balaban J connectivity index is 2.27. The Kier molecular flexibility index (Phi) is 9.33. The summed E-state index contributed by atoms with van der Waals surface area (Å²) in [6.45, 7) is 8.54. The third-order valence-electron chi connectivity index (χ3n) is 4.42. The van der Waals surface area contributed by atoms with E-state index >= 15 is 0 Å². The van der Waals surface area contributed by atoms with Crippen LogP contribution in [0.3, 0.4) is 0 Å². The minimum absolute atomic E-state index is 0.113. The number of aryl methyl sites for hydroxylation is 1. The van der Waals surface area contributed by atoms with Crippen LogP contribution in [-0.4, -0.2) is 46.7 Å². The molecule has 0 saturated carbocycles. The number of ether oxygens (including phenoxy) is 2. The molecule has 0 saturated heterocycles. The molecule has 0 atom stereocenters. The highest BCUT2D eigenvalue weighted by molar-refractivity contribution is 7.92. The predicted octanol–water partition coefficient (Wildman–Crippen LogP) is 3.52. The number of sulfonamides is 1. The summed E-state index contributed by atoms with van der Waals surface area (Å²) in [7, 11) is -3.99. The van der Waals surface area contributed by atoms with Crippen LogP contribution in [0.25, 0.3) is 0 Å². The second-order valence-electron chi connectivity index (χ2n) is 7.35. The zero-order chi connectivity index (χ0) is 22.9. The molecule has 0 radical (unpaired) electrons. The van der Waals surface area contributed by atoms with E-state index in [-0.39, 0.29) is 17.5 Å². The van der Waals surface area contributed by atoms with Crippen LogP contribution in [0.15, 0.2) is 53.4 Å². The molecule has 0 heterocycles. The standard InChI is InChI=1S/C23H32N2O5S/c1-5-29-22-10-7-6-9-21(22)25(17-23(26)24-15-8-16-30-18(2)3)31(27,28)20-13-11-19(4)12-14-20/h6-7,9-14,18H,5,8,15-17H2,1-4H3,(H,24,26). The summed E-state index contributed by atoms with van der Waals surface area (Å²) in [5, 5.41) is 2.77. The van der Waals surface area contributed by atoms with Crippen molar-refractivity contribution in [1.29, 1.82) is 0 Å². The van der Waals surface area contributed by atoms with Gasteiger partial charge in [0.05, 0.1) is 23.3 Å². The minimum Gasteiger partial charge on any atom is -0.492 e. The van der Waals surface area contributed by atoms with Gasteiger partial charge in [-0.3, -0.25) is 9.10 Å². The van der Waals surface area contributed by atoms with Crippen molar-refractivity contribution in [1.82, 2.24) is 5.32 Å². The summed E-state index contributed by atoms with van der Waals surface area (Å²) in [5.41, 5.74) is 1.27. The van der Waals surface area contributed by atoms with E-state index in [1.807, 2.05) is 27.7 Å². The van der Waals surface area contributed by atoms with Gasteiger partial charge in [0.2, 0.25) is 5.91 Å². The van der Waals surface area contributed by atoms with Crippen LogP contribution in [0.2, 0.25) is 0 Å². The zero-order valence-corrected chi connectivity index (χ0v) is 19.4. The molecule has 2 aromatic rings. The van der Waals surface area contributed by atoms with Crippen molar-refractivity contribution in [3.05, 3.63) is 54.1 Å². The fourth-order valence-electron chi connectivity index (χ4n) is 2.88. The number of hydrogen-bond donors (Lipinski definition) is 1. The lowest BCUT2D eigenvalue weighted by Gasteiger charge is -2.26. The smallest absolute Gasteiger partial charge is 0.264 e. The lowest BCUT2D eigenvalue weighted by molar-refractivity contribution is -0.119. The van der Waals surface area contributed by atoms with Gasteiger partial charge in [-0.1, -0.05) is 29.8 Å². The monoisotopic (exact) mass is 448 g/mol. The maximum Gasteiger partial charge on any atom is 0.264 e. The Labute approximate surface area is 185 Å². The SMILES string of the molecule is CCOc1ccccc1N(CC(=O)NCCCOC(C)C)S(=O)(=O)c1ccc(C)cc1. The molecule has 0 fully saturated rings. The largest absolute Gasteiger partial charge is 0.492 e. The maximum atomic E-state index is 13.5. The van der Waals surface area contributed by atoms with Gasteiger partial charge in [-0.25, -0.2) is 8.42 Å². The van der Waals surface area contributed by atoms with Crippen molar-refractivity contribution in [2.75, 3.05) is 30.6 Å². The van der Waals surface area contributed by atoms with Gasteiger partial charge in [-0.15, -0.1) is 0 Å². The number of nitrogens with zero attached hydrogens (tertiary/aromatic N) is 1. The van der Waals surface area contributed by atoms with Gasteiger partial charge < -0.3 is 14.8 Å². The first-order valence-corrected chi connectivity index (χ1v) is 11.9. The normalized spacial score (nSPS) is 11.4. The van der Waals surface area contributed by atoms with Crippen molar-refractivity contribution in [3.8, 4) is 5.75 Å². The van der Waals surface area contributed by atoms with E-state index in [1.54, 1.807) is 48.5 Å². The van der Waals surface area contributed by atoms with Crippen LogP contribution < -0.4 is 14.4 Å². The highest BCUT2D eigenvalue weighted by Gasteiger charge is 2.29. The van der Waals surface area contributed by atoms with Gasteiger partial charge in [-0.05, 0) is 58.4 Å². The van der Waals surface area contributed by atoms with Gasteiger partial charge in [0.1, 0.15) is 12.3 Å². The molecule has 170 valence electrons. The Hall–Kier alpha value is -2.58. The van der Waals surface area contributed by atoms with Gasteiger partial charge >= 0.3 is 0 Å². The molecule has 0 aliphatic heterocycles. The maximum absolute atomic E-state index is 13.5. The van der Waals surface area contributed by atoms with Crippen LogP contribution in [0.5, 0.6) is 5.75 Å². The fourth-order valence-corrected chi connectivity index (χ4v) is 4.31. The second-order valence-corrected chi connectivity index (χ2v) is 9.21. The van der Waals surface area contributed by atoms with Crippen molar-refractivity contribution in [2.24, 2.45) is 0 Å². The first-order chi connectivity index (χ1) is 14.8. The summed E-state index contributed by atoms with van der Waals surface area (Å²) in [6, 6.07) is 13.4. The number of para-hydroxylation sites is 2. The van der Waals surface area contributed by atoms with Crippen LogP contribution in [0, 0.1) is 6.92 Å². The third-order valence-corrected chi connectivity index (χ3v) is 6.20. The molecule has 2 aromatic carbocycles. The van der Waals surface area contributed by atoms with Crippen molar-refractivity contribution < 1.29 is 22.7 Å². The van der Waals surface area contributed by atoms with E-state index < -0.39 is 15.9 Å². The van der Waals surface area contributed by atoms with Gasteiger partial charge in [0, 0.05) is 13.2 Å². The van der Waals surface area contributed by atoms with Gasteiger partial charge in [0.15, 0.2) is 0 Å². The molecule has 7 nitrogen and oxygen atoms in total. The molecular weight excluding hydrogens is 416 g/mol. The predicted molar refractivity (Wildman–Crippen MR) is 122 cm³/mol. The molecule has 31 heavy (non-hydrogen) atoms. The summed E-state index contributed by atoms with van der Waals surface area (Å²) in [4.78, 5) is 12.7. The van der Waals surface area contributed by atoms with E-state index in [0.29, 0.717) is 37.6 Å². The first-order valence-electron chi connectivity index (χ1n) is 10.4. The number of carbonyl (C=O) groups excluding carboxylic acids is 1. The van der Waals surface area contributed by atoms with E-state index in [4.69, 9.17) is 9.47 Å². The Morgan fingerprint density at radius 3 is 2.42 bits per heavy atom. The molecule has 0 aromatic heterocycles. The minimum atomic E-state index is -3.99. The second kappa shape index (κ2) is 11.7. The van der Waals surface area contributed by atoms with Crippen LogP contribution in [-0.2, 0) is 19.6 Å². The van der Waals surface area contributed by atoms with Crippen molar-refractivity contribution in [2.45, 2.75) is 45.1 Å². The lowest BCUT2D eigenvalue weighted by atomic mass is 10.2. The molecule has 2 rings (SSSR count). The number of rotatable bonds is 12. The quantitative estimate of drug-likeness (QED) is 0.502. The molecule has 0 bridgehead atoms. The van der Waals surface area contributed by atoms with E-state index in [9.17, 15) is 13.2 Å². The van der Waals surface area contributed by atoms with Gasteiger partial charge in [0.25, 0.3) is 10.0 Å². The van der Waals surface area contributed by atoms with Crippen molar-refractivity contribution in [3.63, 3.8) is 0 Å². The molecule has 0 unspecified atom stereocenters. The van der Waals surface area contributed by atoms with Crippen molar-refractivity contribution >= 4 is 21.6 Å². The van der Waals surface area contributed by atoms with Gasteiger partial charge in [-0.2, -0.15) is 0 Å². The van der Waals surface area contributed by atoms with Crippen LogP contribution >= 0.6 is 0 Å². The topological polar surface area (TPSA) is 84.9 Å². The molecule has 1 N–H and O–H groups in total. The van der Waals surface area contributed by atoms with E-state index in [0.717, 1.165) is 9.87 Å². The lowest BCUT2D eigenvalue weighted by Crippen LogP contribution is -2.41. The molecule has 0 aliphatic rings. The Morgan fingerprint density at radius 2 is 1.77 bits per heavy atom. The summed E-state index contributed by atoms with van der Waals surface area (Å²) in [6.07, 6.45) is 0.769. The number of anilines is 1. The highest BCUT2D eigenvalue weighted by atomic mass is 32.2. The average molecular weight is 449 g/mol. The molecule has 0 aliphatic carbocycles. The van der Waals surface area contributed by atoms with E-state index in [2.05, 4.69) is 5.32 Å². The average Bonchev–Trinajstić information content (AvgIpc) is 2.72. The molecule has 1 amide bonds. The molecule has 8 heteroatoms. The number of hydrogen-bond acceptors (Lipinski definition) is 5. The van der Waals surface area contributed by atoms with Crippen LogP contribution in [0.4, 0.5) is 5.69 Å². The molecular formula is C23H32N2O5S. The zero-order valence-electron chi connectivity index (χ0n) is 18.6. The Morgan fingerprint density at radius 1 is 1.10 bits per heavy atom. The summed E-state index contributed by atoms with van der Waals surface area (Å²) >= 11 is 0. The van der Waals surface area contributed by atoms with Crippen LogP contribution in [0.1, 0.15) is 32.8 Å². The number of carbonyl (C=O) groups is 1. The number of nitrogens with one attached hydrogen (secondary N) is 1. The highest BCUT2D eigenvalue weighted by Crippen LogP contribution is 2.32. The summed E-state index contributed by atoms with van der Waals surface area (Å²) in [5.74, 6) is 0.00496. The van der Waals surface area contributed by atoms with E-state index in [1.165, 1.54) is 0 Å². The Bertz CT molecular complexity index is 943. The summed E-state index contributed by atoms with van der Waals surface area (Å²) < 4.78 is 39.1. The first kappa shape index (κ1) is 24.7. The number of amides is 1.